The minimum absolute atomic E-state index is 0.00990. The van der Waals surface area contributed by atoms with Crippen LogP contribution in [0.15, 0.2) is 36.7 Å². The fourth-order valence-electron chi connectivity index (χ4n) is 2.13. The van der Waals surface area contributed by atoms with Crippen molar-refractivity contribution in [3.05, 3.63) is 36.7 Å². The van der Waals surface area contributed by atoms with Crippen molar-refractivity contribution in [3.63, 3.8) is 0 Å². The molecule has 1 fully saturated rings. The first-order chi connectivity index (χ1) is 8.84. The molecule has 3 N–H and O–H groups in total. The Balaban J connectivity index is 1.88. The number of aromatic nitrogens is 1. The molecule has 1 saturated heterocycles. The van der Waals surface area contributed by atoms with E-state index in [9.17, 15) is 4.79 Å². The van der Waals surface area contributed by atoms with Gasteiger partial charge in [-0.3, -0.25) is 15.2 Å². The van der Waals surface area contributed by atoms with Crippen molar-refractivity contribution < 1.29 is 4.79 Å². The zero-order chi connectivity index (χ0) is 12.4. The van der Waals surface area contributed by atoms with E-state index in [-0.39, 0.29) is 11.9 Å². The number of rotatable bonds is 2. The predicted molar refractivity (Wildman–Crippen MR) is 69.9 cm³/mol. The Hall–Kier alpha value is -1.98. The van der Waals surface area contributed by atoms with E-state index < -0.39 is 0 Å². The SMILES string of the molecule is O=C(Nc1cccc2cnccc12)C1CCNN1. The number of hydrogen-bond donors (Lipinski definition) is 3. The molecule has 1 aromatic heterocycles. The number of hydrazine groups is 1. The Kier molecular flexibility index (Phi) is 2.92. The molecule has 0 aliphatic carbocycles. The van der Waals surface area contributed by atoms with Crippen LogP contribution in [0, 0.1) is 0 Å². The summed E-state index contributed by atoms with van der Waals surface area (Å²) >= 11 is 0. The van der Waals surface area contributed by atoms with Crippen LogP contribution >= 0.6 is 0 Å². The smallest absolute Gasteiger partial charge is 0.242 e. The number of anilines is 1. The van der Waals surface area contributed by atoms with Crippen LogP contribution in [0.5, 0.6) is 0 Å². The number of nitrogens with one attached hydrogen (secondary N) is 3. The van der Waals surface area contributed by atoms with Crippen LogP contribution in [0.1, 0.15) is 6.42 Å². The lowest BCUT2D eigenvalue weighted by Gasteiger charge is -2.12. The van der Waals surface area contributed by atoms with Gasteiger partial charge in [-0.15, -0.1) is 0 Å². The number of hydrogen-bond acceptors (Lipinski definition) is 4. The Labute approximate surface area is 105 Å². The number of pyridine rings is 1. The van der Waals surface area contributed by atoms with Gasteiger partial charge < -0.3 is 5.32 Å². The summed E-state index contributed by atoms with van der Waals surface area (Å²) in [5.74, 6) is -0.00990. The van der Waals surface area contributed by atoms with Crippen LogP contribution < -0.4 is 16.2 Å². The van der Waals surface area contributed by atoms with E-state index in [2.05, 4.69) is 21.2 Å². The molecule has 0 radical (unpaired) electrons. The quantitative estimate of drug-likeness (QED) is 0.736. The van der Waals surface area contributed by atoms with Crippen LogP contribution in [0.2, 0.25) is 0 Å². The highest BCUT2D eigenvalue weighted by Crippen LogP contribution is 2.22. The van der Waals surface area contributed by atoms with E-state index in [1.807, 2.05) is 24.3 Å². The van der Waals surface area contributed by atoms with Crippen molar-refractivity contribution >= 4 is 22.4 Å². The molecule has 1 atom stereocenters. The lowest BCUT2D eigenvalue weighted by molar-refractivity contribution is -0.117. The van der Waals surface area contributed by atoms with Gasteiger partial charge in [-0.1, -0.05) is 12.1 Å². The summed E-state index contributed by atoms with van der Waals surface area (Å²) in [6, 6.07) is 7.54. The highest BCUT2D eigenvalue weighted by molar-refractivity contribution is 6.03. The molecule has 2 heterocycles. The first-order valence-corrected chi connectivity index (χ1v) is 5.96. The molecule has 5 heteroatoms. The molecule has 1 aliphatic rings. The van der Waals surface area contributed by atoms with Crippen molar-refractivity contribution in [2.45, 2.75) is 12.5 Å². The van der Waals surface area contributed by atoms with Gasteiger partial charge in [0.15, 0.2) is 0 Å². The number of amides is 1. The molecule has 0 saturated carbocycles. The molecule has 0 bridgehead atoms. The molecule has 1 aliphatic heterocycles. The summed E-state index contributed by atoms with van der Waals surface area (Å²) < 4.78 is 0. The largest absolute Gasteiger partial charge is 0.324 e. The third kappa shape index (κ3) is 2.05. The minimum atomic E-state index is -0.165. The first-order valence-electron chi connectivity index (χ1n) is 5.96. The normalized spacial score (nSPS) is 19.0. The second-order valence-corrected chi connectivity index (χ2v) is 4.30. The average Bonchev–Trinajstić information content (AvgIpc) is 2.93. The van der Waals surface area contributed by atoms with Gasteiger partial charge in [0.2, 0.25) is 5.91 Å². The fourth-order valence-corrected chi connectivity index (χ4v) is 2.13. The van der Waals surface area contributed by atoms with E-state index in [4.69, 9.17) is 0 Å². The van der Waals surface area contributed by atoms with Gasteiger partial charge in [-0.25, -0.2) is 5.43 Å². The molecular formula is C13H14N4O. The Morgan fingerprint density at radius 2 is 2.33 bits per heavy atom. The number of benzene rings is 1. The van der Waals surface area contributed by atoms with Gasteiger partial charge in [-0.2, -0.15) is 0 Å². The molecular weight excluding hydrogens is 228 g/mol. The maximum atomic E-state index is 12.0. The minimum Gasteiger partial charge on any atom is -0.324 e. The molecule has 0 spiro atoms. The van der Waals surface area contributed by atoms with Gasteiger partial charge in [0.05, 0.1) is 0 Å². The first kappa shape index (κ1) is 11.1. The number of fused-ring (bicyclic) bond motifs is 1. The van der Waals surface area contributed by atoms with Gasteiger partial charge in [0.1, 0.15) is 6.04 Å². The van der Waals surface area contributed by atoms with Gasteiger partial charge in [-0.05, 0) is 18.6 Å². The zero-order valence-corrected chi connectivity index (χ0v) is 9.81. The van der Waals surface area contributed by atoms with E-state index in [0.717, 1.165) is 29.4 Å². The third-order valence-electron chi connectivity index (χ3n) is 3.09. The lowest BCUT2D eigenvalue weighted by atomic mass is 10.1. The predicted octanol–water partition coefficient (Wildman–Crippen LogP) is 1.04. The van der Waals surface area contributed by atoms with Crippen molar-refractivity contribution in [2.24, 2.45) is 0 Å². The van der Waals surface area contributed by atoms with Crippen LogP contribution in [0.3, 0.4) is 0 Å². The summed E-state index contributed by atoms with van der Waals surface area (Å²) in [6.07, 6.45) is 4.33. The second-order valence-electron chi connectivity index (χ2n) is 4.30. The van der Waals surface area contributed by atoms with Crippen molar-refractivity contribution in [3.8, 4) is 0 Å². The van der Waals surface area contributed by atoms with Gasteiger partial charge >= 0.3 is 0 Å². The topological polar surface area (TPSA) is 66.0 Å². The Bertz CT molecular complexity index is 573. The summed E-state index contributed by atoms with van der Waals surface area (Å²) in [6.45, 7) is 0.817. The van der Waals surface area contributed by atoms with Gasteiger partial charge in [0, 0.05) is 35.4 Å². The molecule has 18 heavy (non-hydrogen) atoms. The summed E-state index contributed by atoms with van der Waals surface area (Å²) in [5.41, 5.74) is 6.73. The maximum Gasteiger partial charge on any atom is 0.242 e. The van der Waals surface area contributed by atoms with Gasteiger partial charge in [0.25, 0.3) is 0 Å². The lowest BCUT2D eigenvalue weighted by Crippen LogP contribution is -2.39. The van der Waals surface area contributed by atoms with E-state index in [1.165, 1.54) is 0 Å². The summed E-state index contributed by atoms with van der Waals surface area (Å²) in [7, 11) is 0. The van der Waals surface area contributed by atoms with Crippen molar-refractivity contribution in [1.29, 1.82) is 0 Å². The maximum absolute atomic E-state index is 12.0. The Morgan fingerprint density at radius 1 is 1.39 bits per heavy atom. The number of carbonyl (C=O) groups excluding carboxylic acids is 1. The highest BCUT2D eigenvalue weighted by Gasteiger charge is 2.22. The summed E-state index contributed by atoms with van der Waals surface area (Å²) in [5, 5.41) is 4.99. The molecule has 1 unspecified atom stereocenters. The molecule has 5 nitrogen and oxygen atoms in total. The van der Waals surface area contributed by atoms with Crippen LogP contribution in [0.25, 0.3) is 10.8 Å². The third-order valence-corrected chi connectivity index (χ3v) is 3.09. The monoisotopic (exact) mass is 242 g/mol. The van der Waals surface area contributed by atoms with E-state index in [1.54, 1.807) is 12.4 Å². The molecule has 1 aromatic carbocycles. The second kappa shape index (κ2) is 4.72. The number of carbonyl (C=O) groups is 1. The molecule has 1 amide bonds. The van der Waals surface area contributed by atoms with E-state index >= 15 is 0 Å². The molecule has 2 aromatic rings. The molecule has 92 valence electrons. The standard InChI is InChI=1S/C13H14N4O/c18-13(12-5-7-15-17-12)16-11-3-1-2-9-8-14-6-4-10(9)11/h1-4,6,8,12,15,17H,5,7H2,(H,16,18). The Morgan fingerprint density at radius 3 is 3.17 bits per heavy atom. The summed E-state index contributed by atoms with van der Waals surface area (Å²) in [4.78, 5) is 16.1. The van der Waals surface area contributed by atoms with Crippen molar-refractivity contribution in [1.82, 2.24) is 15.8 Å². The van der Waals surface area contributed by atoms with Crippen molar-refractivity contribution in [2.75, 3.05) is 11.9 Å². The zero-order valence-electron chi connectivity index (χ0n) is 9.81. The van der Waals surface area contributed by atoms with E-state index in [0.29, 0.717) is 0 Å². The van der Waals surface area contributed by atoms with Crippen LogP contribution in [-0.2, 0) is 4.79 Å². The number of nitrogens with zero attached hydrogens (tertiary/aromatic N) is 1. The van der Waals surface area contributed by atoms with Crippen LogP contribution in [-0.4, -0.2) is 23.5 Å². The average molecular weight is 242 g/mol. The fraction of sp³-hybridized carbons (Fsp3) is 0.231. The highest BCUT2D eigenvalue weighted by atomic mass is 16.2. The molecule has 3 rings (SSSR count). The van der Waals surface area contributed by atoms with Crippen LogP contribution in [0.4, 0.5) is 5.69 Å².